The molecule has 0 aliphatic carbocycles. The van der Waals surface area contributed by atoms with Crippen molar-refractivity contribution < 1.29 is 33.7 Å². The molecular weight excluding hydrogens is 1660 g/mol. The first-order chi connectivity index (χ1) is 51.6. The highest BCUT2D eigenvalue weighted by Gasteiger charge is 2.33. The Morgan fingerprint density at radius 1 is 0.339 bits per heavy atom. The lowest BCUT2D eigenvalue weighted by molar-refractivity contribution is 0.287. The zero-order chi connectivity index (χ0) is 78.9. The van der Waals surface area contributed by atoms with E-state index in [1.807, 2.05) is 52.5 Å². The largest absolute Gasteiger partial charge is 0.329 e. The third-order valence-electron chi connectivity index (χ3n) is 19.8. The van der Waals surface area contributed by atoms with Crippen LogP contribution in [0.4, 0.5) is 0 Å². The van der Waals surface area contributed by atoms with Gasteiger partial charge in [-0.25, -0.2) is 47.8 Å². The Hall–Kier alpha value is -4.31. The number of hydrogen-bond donors (Lipinski definition) is 6. The van der Waals surface area contributed by atoms with E-state index < -0.39 is 39.1 Å². The number of hydrogen-bond acceptors (Lipinski definition) is 17. The number of rotatable bonds is 26. The van der Waals surface area contributed by atoms with Crippen LogP contribution in [0.1, 0.15) is 90.4 Å². The third-order valence-corrected chi connectivity index (χ3v) is 27.8. The van der Waals surface area contributed by atoms with E-state index >= 15 is 0 Å². The first kappa shape index (κ1) is 87.1. The van der Waals surface area contributed by atoms with Gasteiger partial charge in [0.15, 0.2) is 0 Å². The smallest absolute Gasteiger partial charge is 0.261 e. The molecule has 8 aromatic carbocycles. The van der Waals surface area contributed by atoms with Gasteiger partial charge in [-0.1, -0.05) is 141 Å². The lowest BCUT2D eigenvalue weighted by Gasteiger charge is -2.33. The SMILES string of the molecule is CN1Cc2c(Cl)cc(Cl)cc2C(c2ccc(S(=O)(=O)Cl)cc2)C1.CN1Cc2c(Cl)cc(Cl)cc2C(c2ccc(S(=O)(=O)NCCN(CCNS(=O)(=O)c3ccc(C4CN(C)Cc5c(Cl)cc(Cl)cc54)cc3)CCNS(=O)(=O)c3ccc(C4CN(C)Cc5c(Cl)cc(Cl)cc54)cc3)cc2)C1.NCCN(CCN)CCN. The number of nitrogens with one attached hydrogen (secondary N) is 3. The van der Waals surface area contributed by atoms with Crippen molar-refractivity contribution in [1.82, 2.24) is 43.6 Å². The third kappa shape index (κ3) is 22.6. The summed E-state index contributed by atoms with van der Waals surface area (Å²) >= 11 is 51.5. The highest BCUT2D eigenvalue weighted by molar-refractivity contribution is 8.13. The topological polar surface area (TPSA) is 270 Å². The Labute approximate surface area is 685 Å². The average molecular weight is 1750 g/mol. The summed E-state index contributed by atoms with van der Waals surface area (Å²) in [5.41, 5.74) is 27.9. The fraction of sp³-hybridized carbons (Fsp3) is 0.368. The van der Waals surface area contributed by atoms with Crippen LogP contribution in [0.3, 0.4) is 0 Å². The van der Waals surface area contributed by atoms with Gasteiger partial charge >= 0.3 is 0 Å². The molecule has 0 spiro atoms. The van der Waals surface area contributed by atoms with Gasteiger partial charge in [0, 0.05) is 205 Å². The number of halogens is 9. The molecule has 0 aromatic heterocycles. The standard InChI is InChI=1S/C54H57Cl6N7O6S3.C16H14Cl3NO2S.C6H18N4/c1-64-28-46(43-22-37(55)25-52(58)49(43)31-64)34-4-10-40(11-5-34)74(68,69)61-16-19-67(20-17-62-75(70,71)41-12-6-35(7-13-41)47-29-65(2)32-50-44(47)23-38(56)26-53(50)59)21-18-63-76(72,73)42-14-8-36(9-15-42)48-30-66(3)33-51-45(48)24-39(57)27-54(51)60;1-20-8-14(10-2-4-12(5-3-10)23(19,21)22)13-6-11(17)7-16(18)15(13)9-20;7-1-4-10(5-2-8)6-3-9/h4-15,22-27,46-48,61-63H,16-21,28-33H2,1-3H3;2-7,14H,8-9H2,1H3;1-9H2. The van der Waals surface area contributed by atoms with Gasteiger partial charge < -0.3 is 36.8 Å². The molecule has 588 valence electrons. The van der Waals surface area contributed by atoms with Crippen molar-refractivity contribution in [3.05, 3.63) is 253 Å². The molecule has 4 unspecified atom stereocenters. The molecule has 12 rings (SSSR count). The molecule has 0 amide bonds. The summed E-state index contributed by atoms with van der Waals surface area (Å²) in [6, 6.07) is 41.4. The van der Waals surface area contributed by atoms with Crippen LogP contribution >= 0.6 is 103 Å². The highest BCUT2D eigenvalue weighted by atomic mass is 35.7. The summed E-state index contributed by atoms with van der Waals surface area (Å²) < 4.78 is 113. The Kier molecular flexibility index (Phi) is 30.7. The molecule has 0 radical (unpaired) electrons. The maximum Gasteiger partial charge on any atom is 0.261 e. The average Bonchev–Trinajstić information content (AvgIpc) is 0.790. The predicted molar refractivity (Wildman–Crippen MR) is 443 cm³/mol. The summed E-state index contributed by atoms with van der Waals surface area (Å²) in [4.78, 5) is 12.9. The van der Waals surface area contributed by atoms with Crippen LogP contribution in [0.15, 0.2) is 165 Å². The van der Waals surface area contributed by atoms with E-state index in [0.717, 1.165) is 99.5 Å². The summed E-state index contributed by atoms with van der Waals surface area (Å²) in [7, 11) is -2.32. The number of likely N-dealkylation sites (N-methyl/N-ethyl adjacent to an activating group) is 4. The van der Waals surface area contributed by atoms with E-state index in [-0.39, 0.29) is 82.5 Å². The van der Waals surface area contributed by atoms with Gasteiger partial charge in [0.05, 0.1) is 19.6 Å². The van der Waals surface area contributed by atoms with Crippen LogP contribution in [-0.4, -0.2) is 196 Å². The molecule has 109 heavy (non-hydrogen) atoms. The van der Waals surface area contributed by atoms with E-state index in [1.165, 1.54) is 12.1 Å². The van der Waals surface area contributed by atoms with Crippen molar-refractivity contribution >= 4 is 143 Å². The summed E-state index contributed by atoms with van der Waals surface area (Å²) in [6.07, 6.45) is 0. The van der Waals surface area contributed by atoms with Crippen LogP contribution in [0.5, 0.6) is 0 Å². The van der Waals surface area contributed by atoms with Crippen molar-refractivity contribution in [3.63, 3.8) is 0 Å². The predicted octanol–water partition coefficient (Wildman–Crippen LogP) is 12.5. The molecule has 0 saturated carbocycles. The minimum Gasteiger partial charge on any atom is -0.329 e. The number of nitrogens with two attached hydrogens (primary N) is 3. The molecule has 20 nitrogen and oxygen atoms in total. The zero-order valence-electron chi connectivity index (χ0n) is 60.5. The van der Waals surface area contributed by atoms with Crippen LogP contribution in [0.25, 0.3) is 0 Å². The maximum atomic E-state index is 13.7. The summed E-state index contributed by atoms with van der Waals surface area (Å²) in [6.45, 7) is 10.5. The second kappa shape index (κ2) is 38.4. The first-order valence-electron chi connectivity index (χ1n) is 35.2. The van der Waals surface area contributed by atoms with E-state index in [2.05, 4.69) is 38.7 Å². The van der Waals surface area contributed by atoms with Gasteiger partial charge in [0.2, 0.25) is 30.1 Å². The second-order valence-electron chi connectivity index (χ2n) is 27.8. The monoisotopic (exact) mass is 1740 g/mol. The van der Waals surface area contributed by atoms with Crippen LogP contribution in [0, 0.1) is 0 Å². The molecular formula is C76H89Cl9N12O8S4. The van der Waals surface area contributed by atoms with Crippen molar-refractivity contribution in [3.8, 4) is 0 Å². The van der Waals surface area contributed by atoms with Gasteiger partial charge in [0.25, 0.3) is 9.05 Å². The molecule has 8 aromatic rings. The quantitative estimate of drug-likeness (QED) is 0.0275. The van der Waals surface area contributed by atoms with Gasteiger partial charge in [-0.15, -0.1) is 0 Å². The number of sulfonamides is 3. The van der Waals surface area contributed by atoms with Gasteiger partial charge in [-0.2, -0.15) is 0 Å². The molecule has 0 bridgehead atoms. The van der Waals surface area contributed by atoms with Crippen LogP contribution < -0.4 is 31.4 Å². The fourth-order valence-corrected chi connectivity index (χ4v) is 20.6. The van der Waals surface area contributed by atoms with Gasteiger partial charge in [-0.05, 0) is 192 Å². The van der Waals surface area contributed by atoms with Crippen molar-refractivity contribution in [2.24, 2.45) is 17.2 Å². The Bertz CT molecular complexity index is 4620. The van der Waals surface area contributed by atoms with E-state index in [9.17, 15) is 33.7 Å². The maximum absolute atomic E-state index is 13.7. The Morgan fingerprint density at radius 3 is 0.761 bits per heavy atom. The van der Waals surface area contributed by atoms with Crippen molar-refractivity contribution in [1.29, 1.82) is 0 Å². The molecule has 4 aliphatic heterocycles. The van der Waals surface area contributed by atoms with E-state index in [4.69, 9.17) is 121 Å². The summed E-state index contributed by atoms with van der Waals surface area (Å²) in [5, 5.41) is 4.60. The molecule has 0 saturated heterocycles. The normalized spacial score (nSPS) is 17.9. The Balaban J connectivity index is 0.000000314. The molecule has 4 atom stereocenters. The molecule has 4 heterocycles. The van der Waals surface area contributed by atoms with E-state index in [1.54, 1.807) is 114 Å². The number of nitrogens with zero attached hydrogens (tertiary/aromatic N) is 6. The van der Waals surface area contributed by atoms with Crippen molar-refractivity contribution in [2.45, 2.75) is 69.4 Å². The van der Waals surface area contributed by atoms with Crippen LogP contribution in [0.2, 0.25) is 40.2 Å². The van der Waals surface area contributed by atoms with E-state index in [0.29, 0.717) is 99.1 Å². The molecule has 33 heteroatoms. The lowest BCUT2D eigenvalue weighted by Crippen LogP contribution is -2.43. The zero-order valence-corrected chi connectivity index (χ0v) is 70.6. The number of benzene rings is 8. The summed E-state index contributed by atoms with van der Waals surface area (Å²) in [5.74, 6) is -0.171. The second-order valence-corrected chi connectivity index (χ2v) is 39.0. The minimum absolute atomic E-state index is 0.0594. The lowest BCUT2D eigenvalue weighted by atomic mass is 9.85. The first-order valence-corrected chi connectivity index (χ1v) is 45.0. The Morgan fingerprint density at radius 2 is 0.550 bits per heavy atom. The fourth-order valence-electron chi connectivity index (χ4n) is 14.5. The molecule has 4 aliphatic rings. The van der Waals surface area contributed by atoms with Crippen molar-refractivity contribution in [2.75, 3.05) is 133 Å². The number of fused-ring (bicyclic) bond motifs is 4. The van der Waals surface area contributed by atoms with Gasteiger partial charge in [-0.3, -0.25) is 9.80 Å². The molecule has 9 N–H and O–H groups in total. The van der Waals surface area contributed by atoms with Crippen LogP contribution in [-0.2, 0) is 65.3 Å². The molecule has 0 fully saturated rings. The van der Waals surface area contributed by atoms with Gasteiger partial charge in [0.1, 0.15) is 0 Å². The highest BCUT2D eigenvalue weighted by Crippen LogP contribution is 2.43. The minimum atomic E-state index is -4.00.